The molecule has 0 saturated heterocycles. The Morgan fingerprint density at radius 3 is 2.50 bits per heavy atom. The maximum absolute atomic E-state index is 14.9. The first kappa shape index (κ1) is 23.2. The summed E-state index contributed by atoms with van der Waals surface area (Å²) in [4.78, 5) is 13.2. The normalized spacial score (nSPS) is 11.7. The van der Waals surface area contributed by atoms with Crippen LogP contribution in [0.5, 0.6) is 0 Å². The molecule has 7 nitrogen and oxygen atoms in total. The Labute approximate surface area is 201 Å². The van der Waals surface area contributed by atoms with Crippen LogP contribution in [-0.2, 0) is 12.8 Å². The highest BCUT2D eigenvalue weighted by Crippen LogP contribution is 2.38. The molecule has 0 unspecified atom stereocenters. The van der Waals surface area contributed by atoms with Crippen LogP contribution in [0, 0.1) is 5.82 Å². The lowest BCUT2D eigenvalue weighted by atomic mass is 9.99. The van der Waals surface area contributed by atoms with Crippen LogP contribution in [0.25, 0.3) is 27.8 Å². The quantitative estimate of drug-likeness (QED) is 0.288. The van der Waals surface area contributed by atoms with Gasteiger partial charge in [-0.2, -0.15) is 23.4 Å². The van der Waals surface area contributed by atoms with Crippen LogP contribution in [0.2, 0.25) is 0 Å². The number of carbonyl (C=O) groups excluding carboxylic acids is 1. The molecular weight excluding hydrogens is 478 g/mol. The number of aromatic nitrogens is 4. The van der Waals surface area contributed by atoms with Crippen LogP contribution in [0.1, 0.15) is 21.5 Å². The molecule has 36 heavy (non-hydrogen) atoms. The number of nitrogens with zero attached hydrogens (tertiary/aromatic N) is 3. The monoisotopic (exact) mass is 495 g/mol. The number of H-pyrrole nitrogens is 1. The minimum Gasteiger partial charge on any atom is -0.392 e. The zero-order valence-electron chi connectivity index (χ0n) is 18.3. The number of aromatic amines is 1. The SMILES string of the molecule is O=C(Nc1c2ccc(CO)cc2nn1-c1ccccc1)c1cc(-c2ccn[nH]2)c(C(F)(F)F)cc1F. The van der Waals surface area contributed by atoms with Gasteiger partial charge >= 0.3 is 6.18 Å². The molecule has 0 fully saturated rings. The third kappa shape index (κ3) is 4.20. The van der Waals surface area contributed by atoms with E-state index in [1.165, 1.54) is 16.9 Å². The Morgan fingerprint density at radius 2 is 1.83 bits per heavy atom. The molecule has 0 aliphatic heterocycles. The van der Waals surface area contributed by atoms with Crippen molar-refractivity contribution in [1.82, 2.24) is 20.0 Å². The second-order valence-corrected chi connectivity index (χ2v) is 7.91. The number of carbonyl (C=O) groups is 1. The van der Waals surface area contributed by atoms with Crippen molar-refractivity contribution in [2.24, 2.45) is 0 Å². The van der Waals surface area contributed by atoms with Crippen LogP contribution in [-0.4, -0.2) is 31.0 Å². The van der Waals surface area contributed by atoms with E-state index in [4.69, 9.17) is 0 Å². The van der Waals surface area contributed by atoms with E-state index in [0.29, 0.717) is 28.2 Å². The van der Waals surface area contributed by atoms with E-state index in [1.807, 2.05) is 0 Å². The number of hydrogen-bond donors (Lipinski definition) is 3. The first-order valence-corrected chi connectivity index (χ1v) is 10.7. The molecule has 0 atom stereocenters. The average Bonchev–Trinajstić information content (AvgIpc) is 3.52. The summed E-state index contributed by atoms with van der Waals surface area (Å²) in [7, 11) is 0. The van der Waals surface area contributed by atoms with Crippen molar-refractivity contribution in [3.63, 3.8) is 0 Å². The number of para-hydroxylation sites is 1. The Balaban J connectivity index is 1.63. The maximum Gasteiger partial charge on any atom is 0.417 e. The summed E-state index contributed by atoms with van der Waals surface area (Å²) in [6.07, 6.45) is -3.60. The fourth-order valence-electron chi connectivity index (χ4n) is 3.89. The third-order valence-electron chi connectivity index (χ3n) is 5.60. The molecule has 0 aliphatic rings. The summed E-state index contributed by atoms with van der Waals surface area (Å²) in [5.41, 5.74) is -0.637. The number of nitrogens with one attached hydrogen (secondary N) is 2. The van der Waals surface area contributed by atoms with Gasteiger partial charge in [-0.05, 0) is 48.0 Å². The summed E-state index contributed by atoms with van der Waals surface area (Å²) in [5, 5.41) is 23.1. The molecule has 2 aromatic heterocycles. The first-order chi connectivity index (χ1) is 17.3. The Kier molecular flexibility index (Phi) is 5.77. The number of alkyl halides is 3. The molecule has 2 heterocycles. The molecule has 5 rings (SSSR count). The molecule has 11 heteroatoms. The van der Waals surface area contributed by atoms with Crippen LogP contribution in [0.15, 0.2) is 72.9 Å². The third-order valence-corrected chi connectivity index (χ3v) is 5.60. The lowest BCUT2D eigenvalue weighted by Gasteiger charge is -2.15. The van der Waals surface area contributed by atoms with E-state index in [9.17, 15) is 27.5 Å². The zero-order valence-corrected chi connectivity index (χ0v) is 18.3. The maximum atomic E-state index is 14.9. The van der Waals surface area contributed by atoms with E-state index in [2.05, 4.69) is 20.6 Å². The fourth-order valence-corrected chi connectivity index (χ4v) is 3.89. The number of fused-ring (bicyclic) bond motifs is 1. The van der Waals surface area contributed by atoms with Crippen LogP contribution < -0.4 is 5.32 Å². The second kappa shape index (κ2) is 8.93. The molecule has 0 spiro atoms. The Morgan fingerprint density at radius 1 is 1.06 bits per heavy atom. The van der Waals surface area contributed by atoms with Gasteiger partial charge in [0.15, 0.2) is 0 Å². The van der Waals surface area contributed by atoms with Crippen molar-refractivity contribution in [2.75, 3.05) is 5.32 Å². The number of amides is 1. The van der Waals surface area contributed by atoms with Gasteiger partial charge in [0.1, 0.15) is 11.6 Å². The van der Waals surface area contributed by atoms with E-state index >= 15 is 0 Å². The summed E-state index contributed by atoms with van der Waals surface area (Å²) in [6, 6.07) is 16.2. The van der Waals surface area contributed by atoms with Crippen LogP contribution >= 0.6 is 0 Å². The standard InChI is InChI=1S/C25H17F4N5O2/c26-20-12-19(25(27,28)29)17(21-8-9-30-32-21)11-18(20)24(36)31-23-16-7-6-14(13-35)10-22(16)33-34(23)15-4-2-1-3-5-15/h1-12,35H,13H2,(H,30,32)(H,31,36). The number of benzene rings is 3. The summed E-state index contributed by atoms with van der Waals surface area (Å²) in [5.74, 6) is -2.11. The molecule has 5 aromatic rings. The predicted octanol–water partition coefficient (Wildman–Crippen LogP) is 5.32. The molecule has 0 saturated carbocycles. The summed E-state index contributed by atoms with van der Waals surface area (Å²) < 4.78 is 57.1. The van der Waals surface area contributed by atoms with Crippen LogP contribution in [0.4, 0.5) is 23.4 Å². The predicted molar refractivity (Wildman–Crippen MR) is 124 cm³/mol. The van der Waals surface area contributed by atoms with Crippen molar-refractivity contribution in [2.45, 2.75) is 12.8 Å². The average molecular weight is 495 g/mol. The van der Waals surface area contributed by atoms with Crippen molar-refractivity contribution >= 4 is 22.6 Å². The van der Waals surface area contributed by atoms with E-state index < -0.39 is 34.6 Å². The zero-order chi connectivity index (χ0) is 25.4. The number of halogens is 4. The largest absolute Gasteiger partial charge is 0.417 e. The molecule has 3 N–H and O–H groups in total. The number of aliphatic hydroxyl groups excluding tert-OH is 1. The van der Waals surface area contributed by atoms with Gasteiger partial charge in [-0.3, -0.25) is 9.89 Å². The minimum absolute atomic E-state index is 0.0207. The van der Waals surface area contributed by atoms with Gasteiger partial charge in [0, 0.05) is 17.1 Å². The lowest BCUT2D eigenvalue weighted by Crippen LogP contribution is -2.18. The molecular formula is C25H17F4N5O2. The molecule has 182 valence electrons. The lowest BCUT2D eigenvalue weighted by molar-refractivity contribution is -0.137. The number of anilines is 1. The van der Waals surface area contributed by atoms with Gasteiger partial charge in [-0.1, -0.05) is 24.3 Å². The molecule has 0 radical (unpaired) electrons. The summed E-state index contributed by atoms with van der Waals surface area (Å²) in [6.45, 7) is -0.219. The van der Waals surface area contributed by atoms with E-state index in [1.54, 1.807) is 48.5 Å². The van der Waals surface area contributed by atoms with Crippen LogP contribution in [0.3, 0.4) is 0 Å². The van der Waals surface area contributed by atoms with Gasteiger partial charge < -0.3 is 10.4 Å². The topological polar surface area (TPSA) is 95.8 Å². The highest BCUT2D eigenvalue weighted by molar-refractivity contribution is 6.09. The van der Waals surface area contributed by atoms with Crippen molar-refractivity contribution in [1.29, 1.82) is 0 Å². The smallest absolute Gasteiger partial charge is 0.392 e. The van der Waals surface area contributed by atoms with Gasteiger partial charge in [-0.15, -0.1) is 0 Å². The van der Waals surface area contributed by atoms with Gasteiger partial charge in [0.2, 0.25) is 0 Å². The first-order valence-electron chi connectivity index (χ1n) is 10.7. The minimum atomic E-state index is -4.86. The highest BCUT2D eigenvalue weighted by atomic mass is 19.4. The number of rotatable bonds is 5. The number of hydrogen-bond acceptors (Lipinski definition) is 4. The Bertz CT molecular complexity index is 1560. The fraction of sp³-hybridized carbons (Fsp3) is 0.0800. The van der Waals surface area contributed by atoms with Crippen molar-refractivity contribution < 1.29 is 27.5 Å². The van der Waals surface area contributed by atoms with Gasteiger partial charge in [0.05, 0.1) is 34.6 Å². The molecule has 0 bridgehead atoms. The van der Waals surface area contributed by atoms with Crippen molar-refractivity contribution in [3.05, 3.63) is 95.4 Å². The van der Waals surface area contributed by atoms with Crippen molar-refractivity contribution in [3.8, 4) is 16.9 Å². The van der Waals surface area contributed by atoms with E-state index in [-0.39, 0.29) is 18.1 Å². The Hall–Kier alpha value is -4.51. The summed E-state index contributed by atoms with van der Waals surface area (Å²) >= 11 is 0. The molecule has 0 aliphatic carbocycles. The van der Waals surface area contributed by atoms with E-state index in [0.717, 1.165) is 6.07 Å². The van der Waals surface area contributed by atoms with Gasteiger partial charge in [-0.25, -0.2) is 9.07 Å². The molecule has 1 amide bonds. The highest BCUT2D eigenvalue weighted by Gasteiger charge is 2.36. The molecule has 3 aromatic carbocycles. The number of aliphatic hydroxyl groups is 1. The second-order valence-electron chi connectivity index (χ2n) is 7.91. The van der Waals surface area contributed by atoms with Gasteiger partial charge in [0.25, 0.3) is 5.91 Å².